The van der Waals surface area contributed by atoms with Gasteiger partial charge in [0, 0.05) is 11.3 Å². The maximum Gasteiger partial charge on any atom is 0.196 e. The van der Waals surface area contributed by atoms with Crippen LogP contribution in [0.1, 0.15) is 42.4 Å². The Hall–Kier alpha value is -2.51. The van der Waals surface area contributed by atoms with Crippen LogP contribution in [0.4, 0.5) is 4.39 Å². The second-order valence-corrected chi connectivity index (χ2v) is 8.85. The molecule has 0 aliphatic carbocycles. The lowest BCUT2D eigenvalue weighted by molar-refractivity contribution is 0.0994. The molecule has 0 radical (unpaired) electrons. The number of hydrogen-bond acceptors (Lipinski definition) is 5. The topological polar surface area (TPSA) is 51.0 Å². The average Bonchev–Trinajstić information content (AvgIpc) is 3.17. The quantitative estimate of drug-likeness (QED) is 0.404. The highest BCUT2D eigenvalue weighted by Gasteiger charge is 2.23. The molecule has 2 aromatic carbocycles. The van der Waals surface area contributed by atoms with Crippen molar-refractivity contribution in [1.29, 1.82) is 0 Å². The number of halogens is 1. The minimum atomic E-state index is -0.321. The molecule has 3 aromatic rings. The molecule has 0 bridgehead atoms. The molecule has 7 heteroatoms. The average molecular weight is 425 g/mol. The van der Waals surface area contributed by atoms with Gasteiger partial charge in [-0.1, -0.05) is 48.5 Å². The Kier molecular flexibility index (Phi) is 6.59. The van der Waals surface area contributed by atoms with E-state index in [1.807, 2.05) is 41.8 Å². The van der Waals surface area contributed by atoms with Crippen molar-refractivity contribution in [1.82, 2.24) is 19.7 Å². The normalized spacial score (nSPS) is 15.8. The molecule has 2 heterocycles. The van der Waals surface area contributed by atoms with Gasteiger partial charge in [0.05, 0.1) is 11.8 Å². The first-order valence-electron chi connectivity index (χ1n) is 10.3. The first-order valence-corrected chi connectivity index (χ1v) is 11.2. The van der Waals surface area contributed by atoms with Crippen molar-refractivity contribution in [2.24, 2.45) is 0 Å². The van der Waals surface area contributed by atoms with Crippen LogP contribution < -0.4 is 0 Å². The van der Waals surface area contributed by atoms with Crippen molar-refractivity contribution in [3.8, 4) is 5.69 Å². The number of benzene rings is 2. The minimum Gasteiger partial charge on any atom is -0.296 e. The summed E-state index contributed by atoms with van der Waals surface area (Å²) >= 11 is 1.38. The smallest absolute Gasteiger partial charge is 0.196 e. The van der Waals surface area contributed by atoms with E-state index in [2.05, 4.69) is 15.1 Å². The second kappa shape index (κ2) is 9.53. The Morgan fingerprint density at radius 2 is 1.73 bits per heavy atom. The number of hydrogen-bond donors (Lipinski definition) is 0. The van der Waals surface area contributed by atoms with Crippen LogP contribution in [-0.4, -0.2) is 43.8 Å². The Balaban J connectivity index is 1.61. The van der Waals surface area contributed by atoms with E-state index in [-0.39, 0.29) is 16.9 Å². The van der Waals surface area contributed by atoms with Gasteiger partial charge in [0.1, 0.15) is 5.82 Å². The van der Waals surface area contributed by atoms with E-state index in [0.717, 1.165) is 24.6 Å². The predicted molar refractivity (Wildman–Crippen MR) is 117 cm³/mol. The highest BCUT2D eigenvalue weighted by molar-refractivity contribution is 8.00. The van der Waals surface area contributed by atoms with Gasteiger partial charge < -0.3 is 0 Å². The summed E-state index contributed by atoms with van der Waals surface area (Å²) in [6, 6.07) is 15.6. The molecule has 1 saturated heterocycles. The van der Waals surface area contributed by atoms with Gasteiger partial charge in [-0.05, 0) is 57.1 Å². The van der Waals surface area contributed by atoms with Gasteiger partial charge in [0.25, 0.3) is 0 Å². The van der Waals surface area contributed by atoms with Crippen molar-refractivity contribution in [2.45, 2.75) is 43.1 Å². The van der Waals surface area contributed by atoms with E-state index in [1.54, 1.807) is 12.1 Å². The number of carbonyl (C=O) groups excluding carboxylic acids is 1. The molecule has 1 unspecified atom stereocenters. The van der Waals surface area contributed by atoms with Crippen LogP contribution in [0.3, 0.4) is 0 Å². The molecule has 0 amide bonds. The fourth-order valence-corrected chi connectivity index (χ4v) is 4.66. The van der Waals surface area contributed by atoms with Crippen molar-refractivity contribution in [2.75, 3.05) is 13.1 Å². The molecule has 30 heavy (non-hydrogen) atoms. The van der Waals surface area contributed by atoms with Crippen LogP contribution in [0.25, 0.3) is 5.69 Å². The number of Topliss-reactive ketones (excluding diaryl/α,β-unsaturated/α-hetero) is 1. The number of thioether (sulfide) groups is 1. The first-order chi connectivity index (χ1) is 14.6. The van der Waals surface area contributed by atoms with Gasteiger partial charge >= 0.3 is 0 Å². The van der Waals surface area contributed by atoms with Crippen LogP contribution in [0.5, 0.6) is 0 Å². The highest BCUT2D eigenvalue weighted by Crippen LogP contribution is 2.28. The van der Waals surface area contributed by atoms with Gasteiger partial charge in [-0.3, -0.25) is 14.3 Å². The highest BCUT2D eigenvalue weighted by atomic mass is 32.2. The number of ketones is 1. The summed E-state index contributed by atoms with van der Waals surface area (Å²) in [7, 11) is 0. The maximum absolute atomic E-state index is 13.5. The van der Waals surface area contributed by atoms with Gasteiger partial charge in [-0.2, -0.15) is 0 Å². The van der Waals surface area contributed by atoms with E-state index in [1.165, 1.54) is 43.2 Å². The third-order valence-electron chi connectivity index (χ3n) is 5.31. The van der Waals surface area contributed by atoms with E-state index < -0.39 is 0 Å². The minimum absolute atomic E-state index is 0.0480. The zero-order valence-corrected chi connectivity index (χ0v) is 17.8. The van der Waals surface area contributed by atoms with Crippen LogP contribution in [-0.2, 0) is 6.54 Å². The fourth-order valence-electron chi connectivity index (χ4n) is 3.69. The molecule has 5 nitrogen and oxygen atoms in total. The summed E-state index contributed by atoms with van der Waals surface area (Å²) in [6.45, 7) is 4.66. The molecular weight excluding hydrogens is 399 g/mol. The van der Waals surface area contributed by atoms with Crippen LogP contribution in [0, 0.1) is 5.82 Å². The molecule has 0 saturated carbocycles. The van der Waals surface area contributed by atoms with Crippen LogP contribution >= 0.6 is 11.8 Å². The van der Waals surface area contributed by atoms with Crippen molar-refractivity contribution in [3.05, 3.63) is 71.8 Å². The van der Waals surface area contributed by atoms with E-state index >= 15 is 0 Å². The number of nitrogens with zero attached hydrogens (tertiary/aromatic N) is 4. The Morgan fingerprint density at radius 3 is 2.43 bits per heavy atom. The summed E-state index contributed by atoms with van der Waals surface area (Å²) in [6.07, 6.45) is 3.64. The lowest BCUT2D eigenvalue weighted by atomic mass is 10.1. The molecule has 1 aliphatic heterocycles. The third kappa shape index (κ3) is 4.79. The van der Waals surface area contributed by atoms with Crippen molar-refractivity contribution >= 4 is 17.5 Å². The summed E-state index contributed by atoms with van der Waals surface area (Å²) in [5.74, 6) is 0.573. The van der Waals surface area contributed by atoms with Crippen LogP contribution in [0.2, 0.25) is 0 Å². The largest absolute Gasteiger partial charge is 0.296 e. The Morgan fingerprint density at radius 1 is 1.03 bits per heavy atom. The molecule has 156 valence electrons. The Bertz CT molecular complexity index is 984. The Labute approximate surface area is 180 Å². The third-order valence-corrected chi connectivity index (χ3v) is 6.35. The molecule has 1 fully saturated rings. The van der Waals surface area contributed by atoms with Crippen molar-refractivity contribution in [3.63, 3.8) is 0 Å². The van der Waals surface area contributed by atoms with E-state index in [0.29, 0.717) is 17.3 Å². The predicted octanol–water partition coefficient (Wildman–Crippen LogP) is 4.76. The van der Waals surface area contributed by atoms with E-state index in [9.17, 15) is 9.18 Å². The first kappa shape index (κ1) is 20.8. The lowest BCUT2D eigenvalue weighted by Crippen LogP contribution is -2.30. The number of rotatable bonds is 7. The number of likely N-dealkylation sites (tertiary alicyclic amines) is 1. The molecular formula is C23H25FN4OS. The number of aromatic nitrogens is 3. The molecule has 0 N–H and O–H groups in total. The lowest BCUT2D eigenvalue weighted by Gasteiger charge is -2.26. The number of carbonyl (C=O) groups is 1. The van der Waals surface area contributed by atoms with Crippen LogP contribution in [0.15, 0.2) is 59.8 Å². The monoisotopic (exact) mass is 424 g/mol. The molecule has 0 spiro atoms. The fraction of sp³-hybridized carbons (Fsp3) is 0.348. The van der Waals surface area contributed by atoms with Crippen molar-refractivity contribution < 1.29 is 9.18 Å². The molecule has 1 aliphatic rings. The number of piperidine rings is 1. The molecule has 4 rings (SSSR count). The standard InChI is InChI=1S/C23H25FN4OS/c1-17(22(29)18-8-4-2-5-9-18)30-23-26-25-21(16-27-14-6-3-7-15-27)28(23)20-12-10-19(24)11-13-20/h2,4-5,8-13,17H,3,6-7,14-16H2,1H3. The zero-order chi connectivity index (χ0) is 20.9. The second-order valence-electron chi connectivity index (χ2n) is 7.54. The zero-order valence-electron chi connectivity index (χ0n) is 17.0. The molecule has 1 aromatic heterocycles. The summed E-state index contributed by atoms with van der Waals surface area (Å²) in [4.78, 5) is 15.2. The van der Waals surface area contributed by atoms with Gasteiger partial charge in [-0.15, -0.1) is 10.2 Å². The molecule has 1 atom stereocenters. The summed E-state index contributed by atoms with van der Waals surface area (Å²) in [5.41, 5.74) is 1.48. The SMILES string of the molecule is CC(Sc1nnc(CN2CCCCC2)n1-c1ccc(F)cc1)C(=O)c1ccccc1. The summed E-state index contributed by atoms with van der Waals surface area (Å²) < 4.78 is 15.5. The van der Waals surface area contributed by atoms with E-state index in [4.69, 9.17) is 0 Å². The van der Waals surface area contributed by atoms with Gasteiger partial charge in [-0.25, -0.2) is 4.39 Å². The summed E-state index contributed by atoms with van der Waals surface area (Å²) in [5, 5.41) is 9.16. The maximum atomic E-state index is 13.5. The van der Waals surface area contributed by atoms with Gasteiger partial charge in [0.2, 0.25) is 0 Å². The van der Waals surface area contributed by atoms with Gasteiger partial charge in [0.15, 0.2) is 16.8 Å².